The van der Waals surface area contributed by atoms with Crippen LogP contribution < -0.4 is 5.73 Å². The van der Waals surface area contributed by atoms with Gasteiger partial charge in [0.25, 0.3) is 0 Å². The van der Waals surface area contributed by atoms with Crippen LogP contribution in [0.1, 0.15) is 12.8 Å². The monoisotopic (exact) mass is 139 g/mol. The Morgan fingerprint density at radius 2 is 2.10 bits per heavy atom. The lowest BCUT2D eigenvalue weighted by Gasteiger charge is -2.21. The van der Waals surface area contributed by atoms with Crippen molar-refractivity contribution in [3.05, 3.63) is 0 Å². The van der Waals surface area contributed by atoms with Crippen molar-refractivity contribution < 1.29 is 4.74 Å². The number of fused-ring (bicyclic) bond motifs is 1. The quantitative estimate of drug-likeness (QED) is 0.526. The molecule has 3 aliphatic rings. The second kappa shape index (κ2) is 1.56. The predicted octanol–water partition coefficient (Wildman–Crippen LogP) is 0.368. The Kier molecular flexibility index (Phi) is 0.868. The molecule has 0 amide bonds. The van der Waals surface area contributed by atoms with E-state index in [4.69, 9.17) is 10.5 Å². The number of hydrogen-bond donors (Lipinski definition) is 1. The zero-order valence-electron chi connectivity index (χ0n) is 5.99. The normalized spacial score (nSPS) is 63.9. The fourth-order valence-electron chi connectivity index (χ4n) is 3.13. The van der Waals surface area contributed by atoms with E-state index in [1.165, 1.54) is 12.8 Å². The summed E-state index contributed by atoms with van der Waals surface area (Å²) in [5.74, 6) is 2.38. The standard InChI is InChI=1S/C8H13NO/c9-8-4-1-5-6(8)3-10-7(5)2-4/h4-8H,1-3,9H2/t4-,5-,6-,7-,8+/m0/s1. The summed E-state index contributed by atoms with van der Waals surface area (Å²) in [6, 6.07) is 0.476. The molecule has 10 heavy (non-hydrogen) atoms. The van der Waals surface area contributed by atoms with E-state index in [1.807, 2.05) is 0 Å². The van der Waals surface area contributed by atoms with Crippen LogP contribution in [-0.2, 0) is 4.74 Å². The summed E-state index contributed by atoms with van der Waals surface area (Å²) < 4.78 is 5.62. The summed E-state index contributed by atoms with van der Waals surface area (Å²) in [5, 5.41) is 0. The van der Waals surface area contributed by atoms with Crippen molar-refractivity contribution in [1.82, 2.24) is 0 Å². The molecule has 2 N–H and O–H groups in total. The van der Waals surface area contributed by atoms with Crippen LogP contribution >= 0.6 is 0 Å². The maximum Gasteiger partial charge on any atom is 0.0610 e. The van der Waals surface area contributed by atoms with Gasteiger partial charge in [0.1, 0.15) is 0 Å². The summed E-state index contributed by atoms with van der Waals surface area (Å²) in [5.41, 5.74) is 6.02. The maximum atomic E-state index is 6.02. The highest BCUT2D eigenvalue weighted by Gasteiger charge is 2.55. The zero-order chi connectivity index (χ0) is 6.72. The maximum absolute atomic E-state index is 6.02. The topological polar surface area (TPSA) is 35.2 Å². The van der Waals surface area contributed by atoms with Gasteiger partial charge in [-0.25, -0.2) is 0 Å². The molecule has 2 heteroatoms. The second-order valence-corrected chi connectivity index (χ2v) is 4.01. The summed E-state index contributed by atoms with van der Waals surface area (Å²) >= 11 is 0. The molecule has 0 aromatic carbocycles. The van der Waals surface area contributed by atoms with Gasteiger partial charge in [-0.2, -0.15) is 0 Å². The van der Waals surface area contributed by atoms with Crippen molar-refractivity contribution >= 4 is 0 Å². The lowest BCUT2D eigenvalue weighted by Crippen LogP contribution is -2.36. The Hall–Kier alpha value is -0.0800. The number of ether oxygens (including phenoxy) is 1. The van der Waals surface area contributed by atoms with Gasteiger partial charge in [0.15, 0.2) is 0 Å². The molecular formula is C8H13NO. The highest BCUT2D eigenvalue weighted by molar-refractivity contribution is 5.06. The van der Waals surface area contributed by atoms with Crippen molar-refractivity contribution in [3.63, 3.8) is 0 Å². The smallest absolute Gasteiger partial charge is 0.0610 e. The van der Waals surface area contributed by atoms with Crippen LogP contribution in [0.3, 0.4) is 0 Å². The third-order valence-electron chi connectivity index (χ3n) is 3.68. The third-order valence-corrected chi connectivity index (χ3v) is 3.68. The molecular weight excluding hydrogens is 126 g/mol. The molecule has 2 bridgehead atoms. The molecule has 1 aliphatic heterocycles. The van der Waals surface area contributed by atoms with E-state index < -0.39 is 0 Å². The van der Waals surface area contributed by atoms with E-state index in [-0.39, 0.29) is 0 Å². The number of nitrogens with two attached hydrogens (primary N) is 1. The van der Waals surface area contributed by atoms with Crippen LogP contribution in [0.15, 0.2) is 0 Å². The van der Waals surface area contributed by atoms with Crippen molar-refractivity contribution in [2.24, 2.45) is 23.5 Å². The molecule has 1 heterocycles. The van der Waals surface area contributed by atoms with Gasteiger partial charge in [-0.15, -0.1) is 0 Å². The first kappa shape index (κ1) is 5.56. The fourth-order valence-corrected chi connectivity index (χ4v) is 3.13. The van der Waals surface area contributed by atoms with Gasteiger partial charge in [-0.05, 0) is 24.7 Å². The molecule has 0 radical (unpaired) electrons. The Labute approximate surface area is 60.7 Å². The Morgan fingerprint density at radius 1 is 1.20 bits per heavy atom. The second-order valence-electron chi connectivity index (χ2n) is 4.01. The summed E-state index contributed by atoms with van der Waals surface area (Å²) in [7, 11) is 0. The van der Waals surface area contributed by atoms with Crippen molar-refractivity contribution in [3.8, 4) is 0 Å². The molecule has 2 aliphatic carbocycles. The molecule has 2 nitrogen and oxygen atoms in total. The minimum absolute atomic E-state index is 0.476. The zero-order valence-corrected chi connectivity index (χ0v) is 5.99. The van der Waals surface area contributed by atoms with Crippen LogP contribution in [0.4, 0.5) is 0 Å². The fraction of sp³-hybridized carbons (Fsp3) is 1.00. The Balaban J connectivity index is 2.00. The van der Waals surface area contributed by atoms with Gasteiger partial charge in [-0.3, -0.25) is 0 Å². The van der Waals surface area contributed by atoms with E-state index in [0.29, 0.717) is 12.1 Å². The average molecular weight is 139 g/mol. The summed E-state index contributed by atoms with van der Waals surface area (Å²) in [4.78, 5) is 0. The average Bonchev–Trinajstić information content (AvgIpc) is 2.43. The minimum Gasteiger partial charge on any atom is -0.378 e. The van der Waals surface area contributed by atoms with Gasteiger partial charge in [0.2, 0.25) is 0 Å². The highest BCUT2D eigenvalue weighted by atomic mass is 16.5. The molecule has 0 aromatic rings. The van der Waals surface area contributed by atoms with Gasteiger partial charge >= 0.3 is 0 Å². The van der Waals surface area contributed by atoms with E-state index in [0.717, 1.165) is 24.4 Å². The van der Waals surface area contributed by atoms with Crippen LogP contribution in [0, 0.1) is 17.8 Å². The SMILES string of the molecule is N[C@@H]1[C@H]2C[C@H]3[C@@H]1CO[C@H]3C2. The van der Waals surface area contributed by atoms with Crippen molar-refractivity contribution in [2.45, 2.75) is 25.0 Å². The van der Waals surface area contributed by atoms with E-state index in [9.17, 15) is 0 Å². The van der Waals surface area contributed by atoms with E-state index in [2.05, 4.69) is 0 Å². The van der Waals surface area contributed by atoms with Crippen LogP contribution in [0.5, 0.6) is 0 Å². The summed E-state index contributed by atoms with van der Waals surface area (Å²) in [6.45, 7) is 0.951. The molecule has 3 fully saturated rings. The van der Waals surface area contributed by atoms with E-state index >= 15 is 0 Å². The predicted molar refractivity (Wildman–Crippen MR) is 37.4 cm³/mol. The first-order valence-electron chi connectivity index (χ1n) is 4.23. The first-order chi connectivity index (χ1) is 4.86. The van der Waals surface area contributed by atoms with Gasteiger partial charge in [0, 0.05) is 12.0 Å². The van der Waals surface area contributed by atoms with Crippen molar-refractivity contribution in [1.29, 1.82) is 0 Å². The third kappa shape index (κ3) is 0.453. The van der Waals surface area contributed by atoms with Gasteiger partial charge in [-0.1, -0.05) is 0 Å². The Morgan fingerprint density at radius 3 is 2.80 bits per heavy atom. The van der Waals surface area contributed by atoms with Gasteiger partial charge in [0.05, 0.1) is 12.7 Å². The molecule has 3 rings (SSSR count). The number of hydrogen-bond acceptors (Lipinski definition) is 2. The van der Waals surface area contributed by atoms with Crippen LogP contribution in [0.25, 0.3) is 0 Å². The highest BCUT2D eigenvalue weighted by Crippen LogP contribution is 2.52. The molecule has 2 saturated carbocycles. The Bertz CT molecular complexity index is 169. The molecule has 0 spiro atoms. The van der Waals surface area contributed by atoms with Gasteiger partial charge < -0.3 is 10.5 Å². The minimum atomic E-state index is 0.476. The van der Waals surface area contributed by atoms with Crippen molar-refractivity contribution in [2.75, 3.05) is 6.61 Å². The van der Waals surface area contributed by atoms with Crippen LogP contribution in [0.2, 0.25) is 0 Å². The lowest BCUT2D eigenvalue weighted by molar-refractivity contribution is 0.102. The molecule has 0 aromatic heterocycles. The molecule has 0 unspecified atom stereocenters. The van der Waals surface area contributed by atoms with E-state index in [1.54, 1.807) is 0 Å². The molecule has 56 valence electrons. The number of rotatable bonds is 0. The molecule has 1 saturated heterocycles. The molecule has 5 atom stereocenters. The largest absolute Gasteiger partial charge is 0.378 e. The summed E-state index contributed by atoms with van der Waals surface area (Å²) in [6.07, 6.45) is 3.22. The first-order valence-corrected chi connectivity index (χ1v) is 4.23. The van der Waals surface area contributed by atoms with Crippen LogP contribution in [-0.4, -0.2) is 18.8 Å². The lowest BCUT2D eigenvalue weighted by atomic mass is 9.86.